The number of rotatable bonds is 5. The first kappa shape index (κ1) is 24.1. The van der Waals surface area contributed by atoms with Crippen molar-refractivity contribution in [2.24, 2.45) is 22.7 Å². The molecule has 2 saturated carbocycles. The van der Waals surface area contributed by atoms with E-state index in [1.807, 2.05) is 14.0 Å². The Kier molecular flexibility index (Phi) is 4.93. The molecule has 1 N–H and O–H groups in total. The Morgan fingerprint density at radius 3 is 2.46 bits per heavy atom. The molecule has 1 aromatic carbocycles. The fourth-order valence-corrected chi connectivity index (χ4v) is 8.87. The topological polar surface area (TPSA) is 51.2 Å². The van der Waals surface area contributed by atoms with E-state index < -0.39 is 11.2 Å². The summed E-state index contributed by atoms with van der Waals surface area (Å²) in [4.78, 5) is 2.81. The molecule has 2 bridgehead atoms. The van der Waals surface area contributed by atoms with Crippen LogP contribution in [0.15, 0.2) is 12.1 Å². The Hall–Kier alpha value is -1.30. The van der Waals surface area contributed by atoms with Gasteiger partial charge >= 0.3 is 0 Å². The summed E-state index contributed by atoms with van der Waals surface area (Å²) in [6.07, 6.45) is 5.60. The summed E-state index contributed by atoms with van der Waals surface area (Å²) in [5.74, 6) is 2.53. The zero-order valence-corrected chi connectivity index (χ0v) is 23.0. The summed E-state index contributed by atoms with van der Waals surface area (Å²) in [6.45, 7) is 15.5. The Morgan fingerprint density at radius 2 is 1.86 bits per heavy atom. The molecule has 3 aliphatic carbocycles. The van der Waals surface area contributed by atoms with Crippen molar-refractivity contribution < 1.29 is 19.3 Å². The third-order valence-electron chi connectivity index (χ3n) is 11.6. The Balaban J connectivity index is 1.59. The molecule has 5 nitrogen and oxygen atoms in total. The lowest BCUT2D eigenvalue weighted by Crippen LogP contribution is -2.79. The van der Waals surface area contributed by atoms with Crippen LogP contribution >= 0.6 is 0 Å². The lowest BCUT2D eigenvalue weighted by molar-refractivity contribution is -0.270. The predicted molar refractivity (Wildman–Crippen MR) is 137 cm³/mol. The van der Waals surface area contributed by atoms with Gasteiger partial charge in [-0.1, -0.05) is 33.8 Å². The molecule has 3 fully saturated rings. The Bertz CT molecular complexity index is 1040. The van der Waals surface area contributed by atoms with Crippen molar-refractivity contribution in [3.05, 3.63) is 23.3 Å². The second kappa shape index (κ2) is 7.17. The average Bonchev–Trinajstić information content (AvgIpc) is 3.53. The number of hydrogen-bond acceptors (Lipinski definition) is 5. The molecule has 0 amide bonds. The lowest BCUT2D eigenvalue weighted by Gasteiger charge is -2.70. The molecule has 5 aliphatic rings. The molecule has 0 aromatic heterocycles. The van der Waals surface area contributed by atoms with Crippen LogP contribution in [0, 0.1) is 22.7 Å². The summed E-state index contributed by atoms with van der Waals surface area (Å²) in [7, 11) is 3.56. The number of hydrogen-bond donors (Lipinski definition) is 1. The number of ether oxygens (including phenoxy) is 3. The molecule has 1 spiro atoms. The van der Waals surface area contributed by atoms with Gasteiger partial charge in [-0.15, -0.1) is 0 Å². The third-order valence-corrected chi connectivity index (χ3v) is 11.6. The summed E-state index contributed by atoms with van der Waals surface area (Å²) in [5, 5.41) is 12.2. The number of piperidine rings is 1. The van der Waals surface area contributed by atoms with Gasteiger partial charge in [-0.2, -0.15) is 0 Å². The number of likely N-dealkylation sites (tertiary alicyclic amines) is 1. The summed E-state index contributed by atoms with van der Waals surface area (Å²) in [5.41, 5.74) is 0.745. The van der Waals surface area contributed by atoms with Gasteiger partial charge in [-0.05, 0) is 80.9 Å². The van der Waals surface area contributed by atoms with Gasteiger partial charge in [0, 0.05) is 36.6 Å². The van der Waals surface area contributed by atoms with Crippen LogP contribution in [0.1, 0.15) is 78.4 Å². The Morgan fingerprint density at radius 1 is 1.14 bits per heavy atom. The van der Waals surface area contributed by atoms with Gasteiger partial charge in [0.25, 0.3) is 0 Å². The molecule has 5 heteroatoms. The van der Waals surface area contributed by atoms with Crippen LogP contribution in [-0.4, -0.2) is 60.7 Å². The van der Waals surface area contributed by atoms with Crippen molar-refractivity contribution >= 4 is 0 Å². The van der Waals surface area contributed by atoms with E-state index in [0.29, 0.717) is 6.04 Å². The van der Waals surface area contributed by atoms with E-state index in [1.165, 1.54) is 30.5 Å². The second-order valence-electron chi connectivity index (χ2n) is 14.0. The molecule has 2 unspecified atom stereocenters. The van der Waals surface area contributed by atoms with E-state index in [-0.39, 0.29) is 28.3 Å². The molecule has 0 radical (unpaired) electrons. The molecule has 2 heterocycles. The highest BCUT2D eigenvalue weighted by Crippen LogP contribution is 2.73. The van der Waals surface area contributed by atoms with E-state index in [0.717, 1.165) is 43.2 Å². The minimum absolute atomic E-state index is 0.0344. The molecule has 1 aromatic rings. The zero-order valence-electron chi connectivity index (χ0n) is 23.0. The average molecular weight is 484 g/mol. The van der Waals surface area contributed by atoms with E-state index >= 15 is 0 Å². The molecule has 2 aliphatic heterocycles. The molecular formula is C30H45NO4. The van der Waals surface area contributed by atoms with Crippen LogP contribution in [0.25, 0.3) is 0 Å². The van der Waals surface area contributed by atoms with Gasteiger partial charge in [0.05, 0.1) is 12.7 Å². The summed E-state index contributed by atoms with van der Waals surface area (Å²) < 4.78 is 19.4. The molecule has 194 valence electrons. The highest BCUT2D eigenvalue weighted by molar-refractivity contribution is 5.63. The zero-order chi connectivity index (χ0) is 25.2. The van der Waals surface area contributed by atoms with Crippen LogP contribution < -0.4 is 9.47 Å². The third kappa shape index (κ3) is 2.81. The van der Waals surface area contributed by atoms with Crippen LogP contribution in [0.4, 0.5) is 0 Å². The standard InChI is InChI=1S/C30H45NO4/c1-26(2,3)29(6,32)21-16-27(4)22-15-19-11-12-20(33-7)24-23(19)30(27,25(35-24)28(21,5)34-8)13-14-31(22)17-18-9-10-18/h11-12,18,21-22,25,32H,9-10,13-17H2,1-8H3/t21-,22+,25-,27+,28?,29?,30-/m0/s1. The maximum Gasteiger partial charge on any atom is 0.165 e. The van der Waals surface area contributed by atoms with Gasteiger partial charge in [0.15, 0.2) is 11.5 Å². The van der Waals surface area contributed by atoms with Crippen molar-refractivity contribution in [2.45, 2.75) is 102 Å². The molecular weight excluding hydrogens is 438 g/mol. The van der Waals surface area contributed by atoms with Gasteiger partial charge in [-0.3, -0.25) is 4.90 Å². The fourth-order valence-electron chi connectivity index (χ4n) is 8.87. The van der Waals surface area contributed by atoms with Crippen LogP contribution in [0.2, 0.25) is 0 Å². The van der Waals surface area contributed by atoms with Crippen LogP contribution in [0.5, 0.6) is 11.5 Å². The van der Waals surface area contributed by atoms with Gasteiger partial charge in [-0.25, -0.2) is 0 Å². The van der Waals surface area contributed by atoms with E-state index in [2.05, 4.69) is 51.7 Å². The first-order chi connectivity index (χ1) is 16.3. The minimum Gasteiger partial charge on any atom is -0.493 e. The molecule has 6 rings (SSSR count). The predicted octanol–water partition coefficient (Wildman–Crippen LogP) is 4.96. The monoisotopic (exact) mass is 483 g/mol. The quantitative estimate of drug-likeness (QED) is 0.641. The highest BCUT2D eigenvalue weighted by atomic mass is 16.6. The van der Waals surface area contributed by atoms with Crippen molar-refractivity contribution in [1.29, 1.82) is 0 Å². The molecule has 1 saturated heterocycles. The number of nitrogens with zero attached hydrogens (tertiary/aromatic N) is 1. The lowest BCUT2D eigenvalue weighted by atomic mass is 9.38. The SMILES string of the molecule is COc1ccc2c3c1O[C@H]1C(C)(OC)[C@@H](C(C)(O)C(C)(C)C)C[C@]4(C)[C@@H](C2)N(CC2CC2)CC[C@]314. The molecule has 7 atom stereocenters. The summed E-state index contributed by atoms with van der Waals surface area (Å²) >= 11 is 0. The van der Waals surface area contributed by atoms with E-state index in [4.69, 9.17) is 14.2 Å². The van der Waals surface area contributed by atoms with Crippen LogP contribution in [0.3, 0.4) is 0 Å². The van der Waals surface area contributed by atoms with Gasteiger partial charge in [0.1, 0.15) is 11.7 Å². The second-order valence-corrected chi connectivity index (χ2v) is 14.0. The number of aliphatic hydroxyl groups is 1. The maximum absolute atomic E-state index is 12.2. The Labute approximate surface area is 211 Å². The van der Waals surface area contributed by atoms with Crippen molar-refractivity contribution in [2.75, 3.05) is 27.3 Å². The largest absolute Gasteiger partial charge is 0.493 e. The minimum atomic E-state index is -0.930. The fraction of sp³-hybridized carbons (Fsp3) is 0.800. The maximum atomic E-state index is 12.2. The van der Waals surface area contributed by atoms with Crippen molar-refractivity contribution in [3.63, 3.8) is 0 Å². The normalized spacial score (nSPS) is 41.7. The first-order valence-electron chi connectivity index (χ1n) is 13.7. The smallest absolute Gasteiger partial charge is 0.165 e. The van der Waals surface area contributed by atoms with Crippen molar-refractivity contribution in [3.8, 4) is 11.5 Å². The van der Waals surface area contributed by atoms with E-state index in [1.54, 1.807) is 7.11 Å². The number of benzene rings is 1. The number of methoxy groups -OCH3 is 2. The first-order valence-corrected chi connectivity index (χ1v) is 13.7. The summed E-state index contributed by atoms with van der Waals surface area (Å²) in [6, 6.07) is 4.83. The van der Waals surface area contributed by atoms with Gasteiger partial charge < -0.3 is 19.3 Å². The molecule has 35 heavy (non-hydrogen) atoms. The van der Waals surface area contributed by atoms with E-state index in [9.17, 15) is 5.11 Å². The van der Waals surface area contributed by atoms with Gasteiger partial charge in [0.2, 0.25) is 0 Å². The van der Waals surface area contributed by atoms with Crippen molar-refractivity contribution in [1.82, 2.24) is 4.90 Å². The van der Waals surface area contributed by atoms with Crippen LogP contribution in [-0.2, 0) is 16.6 Å². The highest BCUT2D eigenvalue weighted by Gasteiger charge is 2.77.